The number of rotatable bonds is 3. The van der Waals surface area contributed by atoms with Gasteiger partial charge in [-0.05, 0) is 34.1 Å². The lowest BCUT2D eigenvalue weighted by Gasteiger charge is -2.08. The minimum absolute atomic E-state index is 0.0499. The fourth-order valence-corrected chi connectivity index (χ4v) is 2.29. The van der Waals surface area contributed by atoms with Gasteiger partial charge in [0.15, 0.2) is 0 Å². The van der Waals surface area contributed by atoms with Gasteiger partial charge in [0, 0.05) is 12.3 Å². The lowest BCUT2D eigenvalue weighted by molar-refractivity contribution is -0.385. The molecule has 0 spiro atoms. The third kappa shape index (κ3) is 2.85. The van der Waals surface area contributed by atoms with E-state index < -0.39 is 4.92 Å². The van der Waals surface area contributed by atoms with Crippen LogP contribution in [0.25, 0.3) is 0 Å². The minimum atomic E-state index is -0.510. The Morgan fingerprint density at radius 2 is 2.05 bits per heavy atom. The van der Waals surface area contributed by atoms with Crippen LogP contribution in [0.1, 0.15) is 5.56 Å². The predicted octanol–water partition coefficient (Wildman–Crippen LogP) is 3.22. The molecule has 0 saturated heterocycles. The summed E-state index contributed by atoms with van der Waals surface area (Å²) in [6.45, 7) is 0.0499. The molecule has 1 aromatic carbocycles. The summed E-state index contributed by atoms with van der Waals surface area (Å²) in [5.41, 5.74) is -0.0505. The zero-order valence-electron chi connectivity index (χ0n) is 9.55. The van der Waals surface area contributed by atoms with E-state index in [9.17, 15) is 14.9 Å². The van der Waals surface area contributed by atoms with Crippen LogP contribution in [0.3, 0.4) is 0 Å². The van der Waals surface area contributed by atoms with Crippen molar-refractivity contribution in [1.82, 2.24) is 4.57 Å². The largest absolute Gasteiger partial charge is 0.310 e. The summed E-state index contributed by atoms with van der Waals surface area (Å²) < 4.78 is 1.75. The highest BCUT2D eigenvalue weighted by molar-refractivity contribution is 9.10. The number of pyridine rings is 1. The van der Waals surface area contributed by atoms with Crippen LogP contribution >= 0.6 is 27.5 Å². The van der Waals surface area contributed by atoms with E-state index in [0.717, 1.165) is 0 Å². The summed E-state index contributed by atoms with van der Waals surface area (Å²) >= 11 is 9.11. The Hall–Kier alpha value is -1.66. The van der Waals surface area contributed by atoms with E-state index in [2.05, 4.69) is 15.9 Å². The minimum Gasteiger partial charge on any atom is -0.310 e. The molecule has 98 valence electrons. The molecule has 0 amide bonds. The molecular formula is C12H8BrClN2O3. The van der Waals surface area contributed by atoms with E-state index in [0.29, 0.717) is 10.0 Å². The van der Waals surface area contributed by atoms with E-state index in [-0.39, 0.29) is 22.8 Å². The summed E-state index contributed by atoms with van der Waals surface area (Å²) in [6.07, 6.45) is 1.56. The number of halogens is 2. The van der Waals surface area contributed by atoms with Crippen molar-refractivity contribution < 1.29 is 4.92 Å². The molecule has 0 aliphatic carbocycles. The molecule has 0 saturated carbocycles. The highest BCUT2D eigenvalue weighted by Gasteiger charge is 2.17. The highest BCUT2D eigenvalue weighted by atomic mass is 79.9. The van der Waals surface area contributed by atoms with Gasteiger partial charge in [0.05, 0.1) is 26.5 Å². The second-order valence-electron chi connectivity index (χ2n) is 3.78. The summed E-state index contributed by atoms with van der Waals surface area (Å²) in [6, 6.07) is 7.72. The summed E-state index contributed by atoms with van der Waals surface area (Å²) in [5, 5.41) is 11.2. The summed E-state index contributed by atoms with van der Waals surface area (Å²) in [4.78, 5) is 22.3. The van der Waals surface area contributed by atoms with E-state index in [1.54, 1.807) is 24.4 Å². The predicted molar refractivity (Wildman–Crippen MR) is 75.6 cm³/mol. The van der Waals surface area contributed by atoms with Crippen LogP contribution in [-0.4, -0.2) is 9.49 Å². The molecule has 19 heavy (non-hydrogen) atoms. The zero-order chi connectivity index (χ0) is 14.0. The average Bonchev–Trinajstić information content (AvgIpc) is 2.36. The Morgan fingerprint density at radius 1 is 1.32 bits per heavy atom. The van der Waals surface area contributed by atoms with Crippen molar-refractivity contribution in [1.29, 1.82) is 0 Å². The number of nitro groups is 1. The standard InChI is InChI=1S/C12H8BrClN2O3/c13-9-3-2-6-15(12(9)17)7-8-10(14)4-1-5-11(8)16(18)19/h1-6H,7H2. The molecule has 0 fully saturated rings. The first kappa shape index (κ1) is 13.8. The number of benzene rings is 1. The molecule has 0 N–H and O–H groups in total. The second kappa shape index (κ2) is 5.54. The van der Waals surface area contributed by atoms with Crippen molar-refractivity contribution in [2.45, 2.75) is 6.54 Å². The number of aromatic nitrogens is 1. The van der Waals surface area contributed by atoms with Gasteiger partial charge in [-0.2, -0.15) is 0 Å². The van der Waals surface area contributed by atoms with Gasteiger partial charge < -0.3 is 4.57 Å². The highest BCUT2D eigenvalue weighted by Crippen LogP contribution is 2.26. The average molecular weight is 344 g/mol. The lowest BCUT2D eigenvalue weighted by Crippen LogP contribution is -2.20. The van der Waals surface area contributed by atoms with Gasteiger partial charge in [0.25, 0.3) is 11.2 Å². The van der Waals surface area contributed by atoms with Crippen molar-refractivity contribution >= 4 is 33.2 Å². The van der Waals surface area contributed by atoms with E-state index in [4.69, 9.17) is 11.6 Å². The maximum Gasteiger partial charge on any atom is 0.275 e. The maximum absolute atomic E-state index is 11.9. The molecule has 1 heterocycles. The molecule has 7 heteroatoms. The Bertz CT molecular complexity index is 700. The zero-order valence-corrected chi connectivity index (χ0v) is 11.9. The molecular weight excluding hydrogens is 336 g/mol. The van der Waals surface area contributed by atoms with Gasteiger partial charge in [-0.3, -0.25) is 14.9 Å². The monoisotopic (exact) mass is 342 g/mol. The van der Waals surface area contributed by atoms with Gasteiger partial charge >= 0.3 is 0 Å². The van der Waals surface area contributed by atoms with Crippen LogP contribution in [0.2, 0.25) is 5.02 Å². The molecule has 0 aliphatic rings. The lowest BCUT2D eigenvalue weighted by atomic mass is 10.1. The summed E-state index contributed by atoms with van der Waals surface area (Å²) in [5.74, 6) is 0. The van der Waals surface area contributed by atoms with E-state index >= 15 is 0 Å². The van der Waals surface area contributed by atoms with Crippen molar-refractivity contribution in [3.8, 4) is 0 Å². The van der Waals surface area contributed by atoms with Crippen LogP contribution in [0, 0.1) is 10.1 Å². The third-order valence-electron chi connectivity index (χ3n) is 2.59. The Kier molecular flexibility index (Phi) is 4.01. The first-order valence-electron chi connectivity index (χ1n) is 5.27. The SMILES string of the molecule is O=c1c(Br)cccn1Cc1c(Cl)cccc1[N+](=O)[O-]. The fourth-order valence-electron chi connectivity index (χ4n) is 1.68. The van der Waals surface area contributed by atoms with Crippen LogP contribution < -0.4 is 5.56 Å². The van der Waals surface area contributed by atoms with Crippen LogP contribution in [-0.2, 0) is 6.54 Å². The molecule has 5 nitrogen and oxygen atoms in total. The molecule has 0 bridgehead atoms. The molecule has 2 aromatic rings. The third-order valence-corrected chi connectivity index (χ3v) is 3.55. The number of hydrogen-bond acceptors (Lipinski definition) is 3. The molecule has 0 atom stereocenters. The van der Waals surface area contributed by atoms with Gasteiger partial charge in [-0.1, -0.05) is 17.7 Å². The smallest absolute Gasteiger partial charge is 0.275 e. The number of nitrogens with zero attached hydrogens (tertiary/aromatic N) is 2. The Balaban J connectivity index is 2.52. The Morgan fingerprint density at radius 3 is 2.74 bits per heavy atom. The van der Waals surface area contributed by atoms with Crippen molar-refractivity contribution in [3.63, 3.8) is 0 Å². The van der Waals surface area contributed by atoms with Crippen molar-refractivity contribution in [2.75, 3.05) is 0 Å². The number of hydrogen-bond donors (Lipinski definition) is 0. The van der Waals surface area contributed by atoms with Crippen LogP contribution in [0.15, 0.2) is 45.8 Å². The second-order valence-corrected chi connectivity index (χ2v) is 5.05. The van der Waals surface area contributed by atoms with Gasteiger partial charge in [0.2, 0.25) is 0 Å². The van der Waals surface area contributed by atoms with Gasteiger partial charge in [0.1, 0.15) is 0 Å². The van der Waals surface area contributed by atoms with Crippen LogP contribution in [0.4, 0.5) is 5.69 Å². The maximum atomic E-state index is 11.9. The Labute approximate surface area is 121 Å². The molecule has 1 aromatic heterocycles. The quantitative estimate of drug-likeness (QED) is 0.635. The summed E-state index contributed by atoms with van der Waals surface area (Å²) in [7, 11) is 0. The van der Waals surface area contributed by atoms with Gasteiger partial charge in [-0.15, -0.1) is 0 Å². The molecule has 0 unspecified atom stereocenters. The fraction of sp³-hybridized carbons (Fsp3) is 0.0833. The molecule has 0 aliphatic heterocycles. The normalized spacial score (nSPS) is 10.4. The van der Waals surface area contributed by atoms with E-state index in [1.807, 2.05) is 0 Å². The number of nitro benzene ring substituents is 1. The first-order valence-corrected chi connectivity index (χ1v) is 6.44. The van der Waals surface area contributed by atoms with Crippen molar-refractivity contribution in [3.05, 3.63) is 72.1 Å². The molecule has 2 rings (SSSR count). The molecule has 0 radical (unpaired) electrons. The van der Waals surface area contributed by atoms with Crippen LogP contribution in [0.5, 0.6) is 0 Å². The van der Waals surface area contributed by atoms with E-state index in [1.165, 1.54) is 16.7 Å². The topological polar surface area (TPSA) is 65.1 Å². The van der Waals surface area contributed by atoms with Gasteiger partial charge in [-0.25, -0.2) is 0 Å². The van der Waals surface area contributed by atoms with Crippen molar-refractivity contribution in [2.24, 2.45) is 0 Å². The first-order chi connectivity index (χ1) is 9.00.